The minimum atomic E-state index is -3.80. The Hall–Kier alpha value is -1.41. The molecule has 20 heavy (non-hydrogen) atoms. The Morgan fingerprint density at radius 2 is 1.95 bits per heavy atom. The Morgan fingerprint density at radius 3 is 2.30 bits per heavy atom. The van der Waals surface area contributed by atoms with Crippen LogP contribution in [0.3, 0.4) is 0 Å². The number of hydrogen-bond donors (Lipinski definition) is 0. The van der Waals surface area contributed by atoms with Gasteiger partial charge in [0.2, 0.25) is 10.0 Å². The molecule has 8 heteroatoms. The third kappa shape index (κ3) is 3.01. The van der Waals surface area contributed by atoms with Gasteiger partial charge in [-0.05, 0) is 27.7 Å². The van der Waals surface area contributed by atoms with E-state index in [1.807, 2.05) is 0 Å². The van der Waals surface area contributed by atoms with Crippen LogP contribution in [-0.2, 0) is 26.6 Å². The number of hydrogen-bond acceptors (Lipinski definition) is 5. The van der Waals surface area contributed by atoms with Crippen molar-refractivity contribution < 1.29 is 17.9 Å². The second kappa shape index (κ2) is 5.92. The summed E-state index contributed by atoms with van der Waals surface area (Å²) in [5, 5.41) is 4.11. The standard InChI is InChI=1S/C12H21N3O4S/c1-8(2)15(7-11(16)19-6)20(17,18)12-9(3)13-14(5)10(12)4/h8H,7H2,1-6H3. The number of carbonyl (C=O) groups is 1. The fraction of sp³-hybridized carbons (Fsp3) is 0.667. The second-order valence-electron chi connectivity index (χ2n) is 4.84. The molecule has 0 radical (unpaired) electrons. The summed E-state index contributed by atoms with van der Waals surface area (Å²) in [6.45, 7) is 6.42. The van der Waals surface area contributed by atoms with Crippen LogP contribution in [0.5, 0.6) is 0 Å². The van der Waals surface area contributed by atoms with E-state index in [1.54, 1.807) is 34.7 Å². The molecule has 0 saturated carbocycles. The van der Waals surface area contributed by atoms with Gasteiger partial charge in [-0.2, -0.15) is 9.40 Å². The molecule has 0 aliphatic rings. The minimum absolute atomic E-state index is 0.151. The van der Waals surface area contributed by atoms with Gasteiger partial charge in [0.1, 0.15) is 11.4 Å². The lowest BCUT2D eigenvalue weighted by Gasteiger charge is -2.24. The highest BCUT2D eigenvalue weighted by Crippen LogP contribution is 2.24. The monoisotopic (exact) mass is 303 g/mol. The third-order valence-corrected chi connectivity index (χ3v) is 5.37. The molecule has 1 aromatic rings. The average Bonchev–Trinajstić information content (AvgIpc) is 2.59. The van der Waals surface area contributed by atoms with Crippen LogP contribution in [0.15, 0.2) is 4.90 Å². The van der Waals surface area contributed by atoms with Crippen molar-refractivity contribution in [3.8, 4) is 0 Å². The number of nitrogens with zero attached hydrogens (tertiary/aromatic N) is 3. The molecule has 0 unspecified atom stereocenters. The van der Waals surface area contributed by atoms with E-state index < -0.39 is 16.0 Å². The maximum absolute atomic E-state index is 12.7. The Labute approximate surface area is 119 Å². The molecule has 0 spiro atoms. The normalized spacial score (nSPS) is 12.2. The van der Waals surface area contributed by atoms with E-state index >= 15 is 0 Å². The van der Waals surface area contributed by atoms with Gasteiger partial charge < -0.3 is 4.74 Å². The van der Waals surface area contributed by atoms with Crippen LogP contribution in [0.1, 0.15) is 25.2 Å². The van der Waals surface area contributed by atoms with Gasteiger partial charge in [0, 0.05) is 13.1 Å². The first kappa shape index (κ1) is 16.6. The molecule has 0 N–H and O–H groups in total. The fourth-order valence-corrected chi connectivity index (χ4v) is 3.97. The number of ether oxygens (including phenoxy) is 1. The van der Waals surface area contributed by atoms with Crippen LogP contribution in [0.4, 0.5) is 0 Å². The van der Waals surface area contributed by atoms with Crippen molar-refractivity contribution in [1.29, 1.82) is 0 Å². The van der Waals surface area contributed by atoms with Gasteiger partial charge in [-0.15, -0.1) is 0 Å². The van der Waals surface area contributed by atoms with Crippen LogP contribution in [0.25, 0.3) is 0 Å². The van der Waals surface area contributed by atoms with Crippen LogP contribution in [0.2, 0.25) is 0 Å². The van der Waals surface area contributed by atoms with Gasteiger partial charge in [-0.25, -0.2) is 8.42 Å². The van der Waals surface area contributed by atoms with E-state index in [2.05, 4.69) is 9.84 Å². The molecule has 0 saturated heterocycles. The highest BCUT2D eigenvalue weighted by molar-refractivity contribution is 7.89. The molecule has 0 bridgehead atoms. The van der Waals surface area contributed by atoms with Crippen molar-refractivity contribution in [2.75, 3.05) is 13.7 Å². The second-order valence-corrected chi connectivity index (χ2v) is 6.67. The van der Waals surface area contributed by atoms with Crippen LogP contribution in [0, 0.1) is 13.8 Å². The quantitative estimate of drug-likeness (QED) is 0.744. The minimum Gasteiger partial charge on any atom is -0.468 e. The number of aromatic nitrogens is 2. The van der Waals surface area contributed by atoms with Crippen LogP contribution in [-0.4, -0.2) is 48.2 Å². The van der Waals surface area contributed by atoms with Crippen molar-refractivity contribution in [3.05, 3.63) is 11.4 Å². The van der Waals surface area contributed by atoms with Crippen molar-refractivity contribution in [2.24, 2.45) is 7.05 Å². The zero-order valence-electron chi connectivity index (χ0n) is 12.7. The maximum atomic E-state index is 12.7. The smallest absolute Gasteiger partial charge is 0.321 e. The molecular formula is C12H21N3O4S. The Bertz CT molecular complexity index is 604. The van der Waals surface area contributed by atoms with E-state index in [0.717, 1.165) is 4.31 Å². The highest BCUT2D eigenvalue weighted by Gasteiger charge is 2.33. The fourth-order valence-electron chi connectivity index (χ4n) is 1.98. The van der Waals surface area contributed by atoms with Gasteiger partial charge in [-0.3, -0.25) is 9.48 Å². The van der Waals surface area contributed by atoms with Gasteiger partial charge >= 0.3 is 5.97 Å². The molecule has 1 rings (SSSR count). The number of aryl methyl sites for hydroxylation is 2. The Morgan fingerprint density at radius 1 is 1.40 bits per heavy atom. The summed E-state index contributed by atoms with van der Waals surface area (Å²) in [6, 6.07) is -0.363. The molecule has 0 fully saturated rings. The third-order valence-electron chi connectivity index (χ3n) is 3.10. The van der Waals surface area contributed by atoms with Gasteiger partial charge in [0.25, 0.3) is 0 Å². The predicted octanol–water partition coefficient (Wildman–Crippen LogP) is 0.609. The summed E-state index contributed by atoms with van der Waals surface area (Å²) in [6.07, 6.45) is 0. The molecule has 0 amide bonds. The molecule has 0 aliphatic carbocycles. The summed E-state index contributed by atoms with van der Waals surface area (Å²) in [7, 11) is -0.885. The number of methoxy groups -OCH3 is 1. The molecular weight excluding hydrogens is 282 g/mol. The number of sulfonamides is 1. The first-order valence-corrected chi connectivity index (χ1v) is 7.65. The average molecular weight is 303 g/mol. The molecule has 7 nitrogen and oxygen atoms in total. The zero-order chi connectivity index (χ0) is 15.7. The number of carbonyl (C=O) groups excluding carboxylic acids is 1. The molecule has 0 aliphatic heterocycles. The van der Waals surface area contributed by atoms with Gasteiger partial charge in [0.05, 0.1) is 18.5 Å². The van der Waals surface area contributed by atoms with Crippen molar-refractivity contribution in [2.45, 2.75) is 38.6 Å². The van der Waals surface area contributed by atoms with Crippen molar-refractivity contribution in [1.82, 2.24) is 14.1 Å². The summed E-state index contributed by atoms with van der Waals surface area (Å²) in [5.74, 6) is -0.596. The summed E-state index contributed by atoms with van der Waals surface area (Å²) in [4.78, 5) is 11.6. The van der Waals surface area contributed by atoms with E-state index in [-0.39, 0.29) is 17.5 Å². The number of rotatable bonds is 5. The summed E-state index contributed by atoms with van der Waals surface area (Å²) < 4.78 is 32.7. The predicted molar refractivity (Wildman–Crippen MR) is 73.7 cm³/mol. The summed E-state index contributed by atoms with van der Waals surface area (Å²) >= 11 is 0. The molecule has 0 aromatic carbocycles. The topological polar surface area (TPSA) is 81.5 Å². The molecule has 1 heterocycles. The lowest BCUT2D eigenvalue weighted by molar-refractivity contribution is -0.141. The SMILES string of the molecule is COC(=O)CN(C(C)C)S(=O)(=O)c1c(C)nn(C)c1C. The first-order valence-electron chi connectivity index (χ1n) is 6.21. The van der Waals surface area contributed by atoms with Crippen molar-refractivity contribution >= 4 is 16.0 Å². The Kier molecular flexibility index (Phi) is 4.93. The van der Waals surface area contributed by atoms with E-state index in [0.29, 0.717) is 11.4 Å². The Balaban J connectivity index is 3.34. The van der Waals surface area contributed by atoms with E-state index in [4.69, 9.17) is 0 Å². The molecule has 1 aromatic heterocycles. The maximum Gasteiger partial charge on any atom is 0.321 e. The van der Waals surface area contributed by atoms with Crippen LogP contribution >= 0.6 is 0 Å². The van der Waals surface area contributed by atoms with Crippen molar-refractivity contribution in [3.63, 3.8) is 0 Å². The van der Waals surface area contributed by atoms with Gasteiger partial charge in [-0.1, -0.05) is 0 Å². The van der Waals surface area contributed by atoms with E-state index in [9.17, 15) is 13.2 Å². The highest BCUT2D eigenvalue weighted by atomic mass is 32.2. The summed E-state index contributed by atoms with van der Waals surface area (Å²) in [5.41, 5.74) is 0.957. The molecule has 0 atom stereocenters. The first-order chi connectivity index (χ1) is 9.12. The largest absolute Gasteiger partial charge is 0.468 e. The zero-order valence-corrected chi connectivity index (χ0v) is 13.5. The molecule has 114 valence electrons. The lowest BCUT2D eigenvalue weighted by atomic mass is 10.4. The lowest BCUT2D eigenvalue weighted by Crippen LogP contribution is -2.41. The van der Waals surface area contributed by atoms with E-state index in [1.165, 1.54) is 11.8 Å². The van der Waals surface area contributed by atoms with Crippen LogP contribution < -0.4 is 0 Å². The van der Waals surface area contributed by atoms with Gasteiger partial charge in [0.15, 0.2) is 0 Å². The number of esters is 1.